The first-order valence-electron chi connectivity index (χ1n) is 10.1. The van der Waals surface area contributed by atoms with Crippen LogP contribution >= 0.6 is 0 Å². The number of fused-ring (bicyclic) bond motifs is 6. The van der Waals surface area contributed by atoms with E-state index in [1.165, 1.54) is 44.3 Å². The first-order chi connectivity index (χ1) is 14.4. The van der Waals surface area contributed by atoms with Gasteiger partial charge in [-0.25, -0.2) is 0 Å². The normalized spacial score (nSPS) is 19.5. The quantitative estimate of drug-likeness (QED) is 0.358. The predicted octanol–water partition coefficient (Wildman–Crippen LogP) is 5.88. The van der Waals surface area contributed by atoms with Gasteiger partial charge in [-0.1, -0.05) is 60.7 Å². The van der Waals surface area contributed by atoms with Gasteiger partial charge < -0.3 is 4.57 Å². The van der Waals surface area contributed by atoms with E-state index in [0.29, 0.717) is 6.04 Å². The molecule has 1 fully saturated rings. The Morgan fingerprint density at radius 2 is 1.41 bits per heavy atom. The van der Waals surface area contributed by atoms with Crippen LogP contribution in [0.4, 0.5) is 5.69 Å². The van der Waals surface area contributed by atoms with Crippen LogP contribution in [0.5, 0.6) is 0 Å². The molecule has 2 unspecified atom stereocenters. The monoisotopic (exact) mass is 373 g/mol. The maximum absolute atomic E-state index is 2.45. The van der Waals surface area contributed by atoms with Gasteiger partial charge in [0.25, 0.3) is 0 Å². The molecule has 0 bridgehead atoms. The molecule has 1 saturated heterocycles. The minimum absolute atomic E-state index is 0.314. The summed E-state index contributed by atoms with van der Waals surface area (Å²) in [6.07, 6.45) is 0. The average Bonchev–Trinajstić information content (AvgIpc) is 3.40. The Kier molecular flexibility index (Phi) is 2.91. The molecule has 2 aliphatic rings. The lowest BCUT2D eigenvalue weighted by Gasteiger charge is -2.14. The van der Waals surface area contributed by atoms with E-state index in [1.54, 1.807) is 0 Å². The second-order valence-corrected chi connectivity index (χ2v) is 7.91. The zero-order valence-corrected chi connectivity index (χ0v) is 15.9. The van der Waals surface area contributed by atoms with Crippen molar-refractivity contribution >= 4 is 27.5 Å². The van der Waals surface area contributed by atoms with Crippen molar-refractivity contribution in [1.82, 2.24) is 9.58 Å². The molecule has 2 atom stereocenters. The third-order valence-corrected chi connectivity index (χ3v) is 6.34. The van der Waals surface area contributed by atoms with Crippen molar-refractivity contribution in [3.8, 4) is 5.69 Å². The van der Waals surface area contributed by atoms with Gasteiger partial charge in [0.1, 0.15) is 6.67 Å². The molecule has 3 heterocycles. The van der Waals surface area contributed by atoms with Crippen LogP contribution in [0, 0.1) is 0 Å². The molecule has 7 rings (SSSR count). The van der Waals surface area contributed by atoms with Crippen LogP contribution in [0.2, 0.25) is 0 Å². The van der Waals surface area contributed by atoms with Gasteiger partial charge >= 0.3 is 0 Å². The maximum Gasteiger partial charge on any atom is 0.106 e. The Bertz CT molecular complexity index is 1400. The molecule has 0 amide bonds. The Morgan fingerprint density at radius 1 is 0.655 bits per heavy atom. The Morgan fingerprint density at radius 3 is 2.34 bits per heavy atom. The number of hydrogen-bond donors (Lipinski definition) is 0. The summed E-state index contributed by atoms with van der Waals surface area (Å²) in [5.74, 6) is 0. The fourth-order valence-electron chi connectivity index (χ4n) is 5.03. The van der Waals surface area contributed by atoms with E-state index >= 15 is 0 Å². The Hall–Kier alpha value is -3.56. The van der Waals surface area contributed by atoms with Gasteiger partial charge in [-0.15, -0.1) is 0 Å². The fraction of sp³-hybridized carbons (Fsp3) is 0.0769. The van der Waals surface area contributed by atoms with E-state index < -0.39 is 0 Å². The first kappa shape index (κ1) is 15.4. The van der Waals surface area contributed by atoms with Crippen molar-refractivity contribution < 1.29 is 0 Å². The second-order valence-electron chi connectivity index (χ2n) is 7.91. The molecule has 4 aromatic carbocycles. The number of nitrogens with zero attached hydrogens (tertiary/aromatic N) is 3. The summed E-state index contributed by atoms with van der Waals surface area (Å²) in [5.41, 5.74) is 7.84. The number of rotatable bonds is 2. The van der Waals surface area contributed by atoms with Crippen LogP contribution in [0.25, 0.3) is 27.5 Å². The highest BCUT2D eigenvalue weighted by Crippen LogP contribution is 2.50. The van der Waals surface area contributed by atoms with Crippen molar-refractivity contribution in [2.24, 2.45) is 0 Å². The standard InChI is InChI=1S/C26H19N3/c1-2-8-19(9-3-1)29-24-13-7-4-10-20(24)22-16-18(14-15-25(22)29)26-21-11-5-6-12-23(21)27-17-28(26)27/h1-16,26H,17H2. The number of hydrazine groups is 1. The number of para-hydroxylation sites is 3. The van der Waals surface area contributed by atoms with E-state index in [-0.39, 0.29) is 0 Å². The van der Waals surface area contributed by atoms with Gasteiger partial charge in [0.15, 0.2) is 0 Å². The molecule has 5 aromatic rings. The van der Waals surface area contributed by atoms with Crippen LogP contribution in [-0.4, -0.2) is 16.2 Å². The average molecular weight is 373 g/mol. The van der Waals surface area contributed by atoms with E-state index in [9.17, 15) is 0 Å². The summed E-state index contributed by atoms with van der Waals surface area (Å²) >= 11 is 0. The van der Waals surface area contributed by atoms with Crippen LogP contribution in [0.1, 0.15) is 17.2 Å². The Balaban J connectivity index is 1.49. The second kappa shape index (κ2) is 5.49. The lowest BCUT2D eigenvalue weighted by Crippen LogP contribution is -2.08. The minimum atomic E-state index is 0.314. The minimum Gasteiger partial charge on any atom is -0.309 e. The van der Waals surface area contributed by atoms with Gasteiger partial charge in [0, 0.05) is 22.0 Å². The van der Waals surface area contributed by atoms with E-state index in [2.05, 4.69) is 112 Å². The van der Waals surface area contributed by atoms with Crippen LogP contribution < -0.4 is 5.01 Å². The largest absolute Gasteiger partial charge is 0.309 e. The molecule has 3 heteroatoms. The molecule has 0 N–H and O–H groups in total. The molecule has 1 aromatic heterocycles. The maximum atomic E-state index is 2.45. The summed E-state index contributed by atoms with van der Waals surface area (Å²) in [5, 5.41) is 7.45. The van der Waals surface area contributed by atoms with E-state index in [4.69, 9.17) is 0 Å². The summed E-state index contributed by atoms with van der Waals surface area (Å²) in [7, 11) is 0. The molecule has 138 valence electrons. The molecular formula is C26H19N3. The van der Waals surface area contributed by atoms with Crippen LogP contribution in [0.3, 0.4) is 0 Å². The highest BCUT2D eigenvalue weighted by atomic mass is 15.8. The summed E-state index contributed by atoms with van der Waals surface area (Å²) in [6.45, 7) is 1.02. The zero-order valence-electron chi connectivity index (χ0n) is 15.9. The molecule has 0 radical (unpaired) electrons. The molecule has 29 heavy (non-hydrogen) atoms. The summed E-state index contributed by atoms with van der Waals surface area (Å²) in [4.78, 5) is 0. The lowest BCUT2D eigenvalue weighted by atomic mass is 9.96. The predicted molar refractivity (Wildman–Crippen MR) is 118 cm³/mol. The number of anilines is 1. The van der Waals surface area contributed by atoms with Crippen molar-refractivity contribution in [2.45, 2.75) is 6.04 Å². The molecular weight excluding hydrogens is 354 g/mol. The lowest BCUT2D eigenvalue weighted by molar-refractivity contribution is 0.485. The molecule has 0 saturated carbocycles. The number of aromatic nitrogens is 1. The molecule has 0 aliphatic carbocycles. The first-order valence-corrected chi connectivity index (χ1v) is 10.1. The van der Waals surface area contributed by atoms with Gasteiger partial charge in [-0.2, -0.15) is 5.01 Å². The highest BCUT2D eigenvalue weighted by Gasteiger charge is 2.47. The van der Waals surface area contributed by atoms with Gasteiger partial charge in [0.05, 0.1) is 22.8 Å². The number of hydrogen-bond acceptors (Lipinski definition) is 2. The fourth-order valence-corrected chi connectivity index (χ4v) is 5.03. The van der Waals surface area contributed by atoms with Gasteiger partial charge in [0.2, 0.25) is 0 Å². The van der Waals surface area contributed by atoms with Gasteiger partial charge in [-0.3, -0.25) is 5.01 Å². The molecule has 2 aliphatic heterocycles. The van der Waals surface area contributed by atoms with Crippen LogP contribution in [-0.2, 0) is 0 Å². The van der Waals surface area contributed by atoms with Crippen LogP contribution in [0.15, 0.2) is 97.1 Å². The Labute approximate surface area is 169 Å². The molecule has 0 spiro atoms. The highest BCUT2D eigenvalue weighted by molar-refractivity contribution is 6.09. The topological polar surface area (TPSA) is 10.9 Å². The SMILES string of the molecule is c1ccc(-n2c3ccccc3c3cc(C4c5ccccc5N5CN45)ccc32)cc1. The van der Waals surface area contributed by atoms with Crippen molar-refractivity contribution in [3.05, 3.63) is 108 Å². The smallest absolute Gasteiger partial charge is 0.106 e. The van der Waals surface area contributed by atoms with E-state index in [0.717, 1.165) is 6.67 Å². The zero-order chi connectivity index (χ0) is 18.9. The summed E-state index contributed by atoms with van der Waals surface area (Å²) in [6, 6.07) is 35.5. The van der Waals surface area contributed by atoms with E-state index in [1.807, 2.05) is 0 Å². The number of benzene rings is 4. The van der Waals surface area contributed by atoms with Crippen molar-refractivity contribution in [1.29, 1.82) is 0 Å². The van der Waals surface area contributed by atoms with Gasteiger partial charge in [-0.05, 0) is 42.0 Å². The molecule has 3 nitrogen and oxygen atoms in total. The summed E-state index contributed by atoms with van der Waals surface area (Å²) < 4.78 is 2.38. The third kappa shape index (κ3) is 2.05. The van der Waals surface area contributed by atoms with Crippen molar-refractivity contribution in [3.63, 3.8) is 0 Å². The third-order valence-electron chi connectivity index (χ3n) is 6.34. The van der Waals surface area contributed by atoms with Crippen molar-refractivity contribution in [2.75, 3.05) is 11.7 Å².